The second kappa shape index (κ2) is 6.85. The van der Waals surface area contributed by atoms with Crippen molar-refractivity contribution in [3.05, 3.63) is 89.0 Å². The predicted octanol–water partition coefficient (Wildman–Crippen LogP) is 3.86. The fourth-order valence-corrected chi connectivity index (χ4v) is 3.86. The molecule has 3 aromatic rings. The Balaban J connectivity index is 1.96. The fourth-order valence-electron chi connectivity index (χ4n) is 3.86. The van der Waals surface area contributed by atoms with Crippen LogP contribution in [0.5, 0.6) is 0 Å². The van der Waals surface area contributed by atoms with Gasteiger partial charge < -0.3 is 20.3 Å². The molecule has 0 bridgehead atoms. The number of rotatable bonds is 4. The average molecular weight is 387 g/mol. The number of fused-ring (bicyclic) bond motifs is 1. The van der Waals surface area contributed by atoms with Gasteiger partial charge in [-0.1, -0.05) is 24.3 Å². The van der Waals surface area contributed by atoms with E-state index in [2.05, 4.69) is 0 Å². The molecule has 0 saturated carbocycles. The van der Waals surface area contributed by atoms with Crippen molar-refractivity contribution >= 4 is 23.0 Å². The maximum Gasteiger partial charge on any atom is 0.340 e. The van der Waals surface area contributed by atoms with Gasteiger partial charge >= 0.3 is 5.97 Å². The number of hydrogen-bond acceptors (Lipinski definition) is 5. The lowest BCUT2D eigenvalue weighted by atomic mass is 9.79. The minimum atomic E-state index is -1.03. The standard InChI is InChI=1S/C24H25N3O2/c1-26(2)19-10-5-16(6-11-19)24(17-7-12-20(13-8-17)27(3)4)22-15-18(25)9-14-21(22)23(28)29-24/h5-15H,25H2,1-4H3. The van der Waals surface area contributed by atoms with E-state index in [9.17, 15) is 4.79 Å². The Hall–Kier alpha value is -3.47. The Bertz CT molecular complexity index is 1000. The molecule has 0 amide bonds. The summed E-state index contributed by atoms with van der Waals surface area (Å²) in [5.41, 5.74) is 10.9. The van der Waals surface area contributed by atoms with Gasteiger partial charge in [0.2, 0.25) is 0 Å². The van der Waals surface area contributed by atoms with Gasteiger partial charge in [0.15, 0.2) is 5.60 Å². The first kappa shape index (κ1) is 18.9. The van der Waals surface area contributed by atoms with Gasteiger partial charge in [-0.15, -0.1) is 0 Å². The zero-order valence-corrected chi connectivity index (χ0v) is 17.1. The van der Waals surface area contributed by atoms with Crippen LogP contribution in [0.15, 0.2) is 66.7 Å². The average Bonchev–Trinajstić information content (AvgIpc) is 3.01. The molecule has 5 nitrogen and oxygen atoms in total. The highest BCUT2D eigenvalue weighted by atomic mass is 16.6. The van der Waals surface area contributed by atoms with Crippen LogP contribution < -0.4 is 15.5 Å². The summed E-state index contributed by atoms with van der Waals surface area (Å²) in [5, 5.41) is 0. The van der Waals surface area contributed by atoms with Crippen molar-refractivity contribution in [3.63, 3.8) is 0 Å². The van der Waals surface area contributed by atoms with E-state index in [1.807, 2.05) is 92.6 Å². The van der Waals surface area contributed by atoms with E-state index in [1.54, 1.807) is 12.1 Å². The molecule has 0 fully saturated rings. The third kappa shape index (κ3) is 2.99. The van der Waals surface area contributed by atoms with Gasteiger partial charge in [-0.25, -0.2) is 4.79 Å². The quantitative estimate of drug-likeness (QED) is 0.544. The first-order valence-corrected chi connectivity index (χ1v) is 9.52. The topological polar surface area (TPSA) is 58.8 Å². The smallest absolute Gasteiger partial charge is 0.340 e. The summed E-state index contributed by atoms with van der Waals surface area (Å²) in [7, 11) is 7.99. The molecule has 5 heteroatoms. The Labute approximate surface area is 171 Å². The van der Waals surface area contributed by atoms with Gasteiger partial charge in [0, 0.05) is 61.9 Å². The molecular weight excluding hydrogens is 362 g/mol. The highest BCUT2D eigenvalue weighted by Crippen LogP contribution is 2.48. The summed E-state index contributed by atoms with van der Waals surface area (Å²) < 4.78 is 6.13. The van der Waals surface area contributed by atoms with E-state index in [-0.39, 0.29) is 5.97 Å². The van der Waals surface area contributed by atoms with Crippen LogP contribution in [0, 0.1) is 0 Å². The molecule has 1 heterocycles. The van der Waals surface area contributed by atoms with Gasteiger partial charge in [0.05, 0.1) is 5.56 Å². The summed E-state index contributed by atoms with van der Waals surface area (Å²) in [6.07, 6.45) is 0. The van der Waals surface area contributed by atoms with Crippen LogP contribution in [-0.4, -0.2) is 34.2 Å². The van der Waals surface area contributed by atoms with Gasteiger partial charge in [-0.05, 0) is 42.5 Å². The molecule has 0 spiro atoms. The Morgan fingerprint density at radius 3 is 1.69 bits per heavy atom. The van der Waals surface area contributed by atoms with Crippen molar-refractivity contribution in [3.8, 4) is 0 Å². The first-order chi connectivity index (χ1) is 13.8. The van der Waals surface area contributed by atoms with Crippen LogP contribution in [0.2, 0.25) is 0 Å². The number of cyclic esters (lactones) is 1. The molecule has 0 aliphatic carbocycles. The van der Waals surface area contributed by atoms with E-state index in [4.69, 9.17) is 10.5 Å². The molecule has 0 radical (unpaired) electrons. The summed E-state index contributed by atoms with van der Waals surface area (Å²) in [6, 6.07) is 21.5. The molecule has 0 atom stereocenters. The summed E-state index contributed by atoms with van der Waals surface area (Å²) in [4.78, 5) is 16.9. The number of ether oxygens (including phenoxy) is 1. The number of anilines is 3. The molecule has 4 rings (SSSR count). The van der Waals surface area contributed by atoms with Crippen molar-refractivity contribution < 1.29 is 9.53 Å². The molecule has 2 N–H and O–H groups in total. The lowest BCUT2D eigenvalue weighted by Gasteiger charge is -2.31. The number of carbonyl (C=O) groups is 1. The number of nitrogens with zero attached hydrogens (tertiary/aromatic N) is 2. The highest BCUT2D eigenvalue weighted by Gasteiger charge is 2.48. The van der Waals surface area contributed by atoms with Crippen molar-refractivity contribution in [2.45, 2.75) is 5.60 Å². The van der Waals surface area contributed by atoms with E-state index in [0.29, 0.717) is 11.3 Å². The Morgan fingerprint density at radius 2 is 1.24 bits per heavy atom. The minimum absolute atomic E-state index is 0.339. The van der Waals surface area contributed by atoms with Crippen LogP contribution in [-0.2, 0) is 10.3 Å². The fraction of sp³-hybridized carbons (Fsp3) is 0.208. The normalized spacial score (nSPS) is 14.3. The van der Waals surface area contributed by atoms with Crippen LogP contribution in [0.25, 0.3) is 0 Å². The van der Waals surface area contributed by atoms with Gasteiger partial charge in [-0.3, -0.25) is 0 Å². The number of hydrogen-bond donors (Lipinski definition) is 1. The van der Waals surface area contributed by atoms with Crippen LogP contribution in [0.4, 0.5) is 17.1 Å². The maximum absolute atomic E-state index is 12.8. The van der Waals surface area contributed by atoms with Crippen LogP contribution in [0.3, 0.4) is 0 Å². The van der Waals surface area contributed by atoms with Gasteiger partial charge in [-0.2, -0.15) is 0 Å². The number of nitrogen functional groups attached to an aromatic ring is 1. The monoisotopic (exact) mass is 387 g/mol. The van der Waals surface area contributed by atoms with Crippen molar-refractivity contribution in [2.24, 2.45) is 0 Å². The summed E-state index contributed by atoms with van der Waals surface area (Å²) >= 11 is 0. The Kier molecular flexibility index (Phi) is 4.46. The zero-order chi connectivity index (χ0) is 20.8. The largest absolute Gasteiger partial charge is 0.441 e. The molecule has 0 unspecified atom stereocenters. The van der Waals surface area contributed by atoms with E-state index < -0.39 is 5.60 Å². The summed E-state index contributed by atoms with van der Waals surface area (Å²) in [5.74, 6) is -0.339. The number of nitrogens with two attached hydrogens (primary N) is 1. The van der Waals surface area contributed by atoms with E-state index in [1.165, 1.54) is 0 Å². The Morgan fingerprint density at radius 1 is 0.759 bits per heavy atom. The lowest BCUT2D eigenvalue weighted by molar-refractivity contribution is 0.0251. The third-order valence-electron chi connectivity index (χ3n) is 5.47. The molecule has 1 aliphatic rings. The lowest BCUT2D eigenvalue weighted by Crippen LogP contribution is -2.29. The van der Waals surface area contributed by atoms with Crippen molar-refractivity contribution in [2.75, 3.05) is 43.7 Å². The van der Waals surface area contributed by atoms with E-state index >= 15 is 0 Å². The van der Waals surface area contributed by atoms with Gasteiger partial charge in [0.1, 0.15) is 0 Å². The zero-order valence-electron chi connectivity index (χ0n) is 17.1. The number of carbonyl (C=O) groups excluding carboxylic acids is 1. The van der Waals surface area contributed by atoms with E-state index in [0.717, 1.165) is 28.1 Å². The van der Waals surface area contributed by atoms with Crippen LogP contribution >= 0.6 is 0 Å². The van der Waals surface area contributed by atoms with Gasteiger partial charge in [0.25, 0.3) is 0 Å². The molecule has 0 aromatic heterocycles. The first-order valence-electron chi connectivity index (χ1n) is 9.52. The van der Waals surface area contributed by atoms with Crippen molar-refractivity contribution in [1.82, 2.24) is 0 Å². The number of benzene rings is 3. The SMILES string of the molecule is CN(C)c1ccc(C2(c3ccc(N(C)C)cc3)OC(=O)c3ccc(N)cc32)cc1. The second-order valence-electron chi connectivity index (χ2n) is 7.76. The minimum Gasteiger partial charge on any atom is -0.441 e. The maximum atomic E-state index is 12.8. The summed E-state index contributed by atoms with van der Waals surface area (Å²) in [6.45, 7) is 0. The molecule has 29 heavy (non-hydrogen) atoms. The third-order valence-corrected chi connectivity index (χ3v) is 5.47. The number of esters is 1. The molecule has 148 valence electrons. The second-order valence-corrected chi connectivity index (χ2v) is 7.76. The van der Waals surface area contributed by atoms with Crippen molar-refractivity contribution in [1.29, 1.82) is 0 Å². The predicted molar refractivity (Wildman–Crippen MR) is 118 cm³/mol. The molecule has 0 saturated heterocycles. The molecule has 1 aliphatic heterocycles. The molecule has 3 aromatic carbocycles. The highest BCUT2D eigenvalue weighted by molar-refractivity contribution is 5.97. The van der Waals surface area contributed by atoms with Crippen LogP contribution in [0.1, 0.15) is 27.0 Å². The molecular formula is C24H25N3O2.